The first-order chi connectivity index (χ1) is 12.1. The van der Waals surface area contributed by atoms with Gasteiger partial charge in [0.25, 0.3) is 0 Å². The maximum Gasteiger partial charge on any atom is 0.227 e. The predicted octanol–water partition coefficient (Wildman–Crippen LogP) is 2.13. The summed E-state index contributed by atoms with van der Waals surface area (Å²) < 4.78 is 0. The summed E-state index contributed by atoms with van der Waals surface area (Å²) in [4.78, 5) is 26.6. The Kier molecular flexibility index (Phi) is 6.37. The maximum absolute atomic E-state index is 12.4. The van der Waals surface area contributed by atoms with E-state index in [4.69, 9.17) is 0 Å². The summed E-state index contributed by atoms with van der Waals surface area (Å²) in [6.07, 6.45) is 2.20. The molecule has 2 atom stereocenters. The van der Waals surface area contributed by atoms with Gasteiger partial charge in [0.1, 0.15) is 0 Å². The average molecular weight is 362 g/mol. The molecule has 2 heterocycles. The van der Waals surface area contributed by atoms with Crippen molar-refractivity contribution in [1.82, 2.24) is 10.2 Å². The SMILES string of the molecule is C[C@H]1C[C@@H](C(=O)Nc2ccc(CC(=O)N3CCSCC3)cc2)CCN1. The standard InChI is InChI=1S/C19H27N3O2S/c1-14-12-16(6-7-20-14)19(24)21-17-4-2-15(3-5-17)13-18(23)22-8-10-25-11-9-22/h2-5,14,16,20H,6-13H2,1H3,(H,21,24)/t14-,16-/m0/s1. The fourth-order valence-corrected chi connectivity index (χ4v) is 4.32. The van der Waals surface area contributed by atoms with Crippen LogP contribution in [0, 0.1) is 5.92 Å². The van der Waals surface area contributed by atoms with Crippen molar-refractivity contribution >= 4 is 29.3 Å². The molecule has 0 unspecified atom stereocenters. The van der Waals surface area contributed by atoms with Crippen molar-refractivity contribution in [3.05, 3.63) is 29.8 Å². The van der Waals surface area contributed by atoms with Gasteiger partial charge in [0.15, 0.2) is 0 Å². The Morgan fingerprint density at radius 1 is 1.24 bits per heavy atom. The quantitative estimate of drug-likeness (QED) is 0.862. The molecule has 2 saturated heterocycles. The highest BCUT2D eigenvalue weighted by atomic mass is 32.2. The van der Waals surface area contributed by atoms with Gasteiger partial charge in [-0.25, -0.2) is 0 Å². The third-order valence-electron chi connectivity index (χ3n) is 4.94. The third-order valence-corrected chi connectivity index (χ3v) is 5.88. The van der Waals surface area contributed by atoms with Crippen molar-refractivity contribution in [3.63, 3.8) is 0 Å². The van der Waals surface area contributed by atoms with Crippen LogP contribution in [-0.2, 0) is 16.0 Å². The second kappa shape index (κ2) is 8.72. The smallest absolute Gasteiger partial charge is 0.227 e. The molecule has 2 amide bonds. The Morgan fingerprint density at radius 3 is 2.64 bits per heavy atom. The first kappa shape index (κ1) is 18.3. The zero-order chi connectivity index (χ0) is 17.6. The Labute approximate surface area is 153 Å². The molecule has 0 radical (unpaired) electrons. The van der Waals surface area contributed by atoms with E-state index in [9.17, 15) is 9.59 Å². The molecule has 0 saturated carbocycles. The van der Waals surface area contributed by atoms with E-state index in [0.29, 0.717) is 12.5 Å². The normalized spacial score (nSPS) is 24.0. The van der Waals surface area contributed by atoms with Crippen LogP contribution < -0.4 is 10.6 Å². The summed E-state index contributed by atoms with van der Waals surface area (Å²) in [5.41, 5.74) is 1.80. The number of thioether (sulfide) groups is 1. The molecule has 1 aromatic carbocycles. The lowest BCUT2D eigenvalue weighted by molar-refractivity contribution is -0.130. The number of rotatable bonds is 4. The Balaban J connectivity index is 1.51. The molecule has 25 heavy (non-hydrogen) atoms. The van der Waals surface area contributed by atoms with Crippen LogP contribution in [0.4, 0.5) is 5.69 Å². The molecule has 6 heteroatoms. The van der Waals surface area contributed by atoms with Gasteiger partial charge in [-0.2, -0.15) is 11.8 Å². The van der Waals surface area contributed by atoms with Crippen molar-refractivity contribution in [2.75, 3.05) is 36.5 Å². The molecule has 1 aromatic rings. The summed E-state index contributed by atoms with van der Waals surface area (Å²) in [7, 11) is 0. The summed E-state index contributed by atoms with van der Waals surface area (Å²) >= 11 is 1.90. The third kappa shape index (κ3) is 5.22. The first-order valence-electron chi connectivity index (χ1n) is 9.10. The fraction of sp³-hybridized carbons (Fsp3) is 0.579. The van der Waals surface area contributed by atoms with Gasteiger partial charge in [0.2, 0.25) is 11.8 Å². The molecular formula is C19H27N3O2S. The molecular weight excluding hydrogens is 334 g/mol. The molecule has 2 aliphatic heterocycles. The van der Waals surface area contributed by atoms with E-state index in [1.807, 2.05) is 40.9 Å². The number of carbonyl (C=O) groups excluding carboxylic acids is 2. The first-order valence-corrected chi connectivity index (χ1v) is 10.3. The number of benzene rings is 1. The van der Waals surface area contributed by atoms with Crippen LogP contribution in [0.15, 0.2) is 24.3 Å². The van der Waals surface area contributed by atoms with Crippen LogP contribution >= 0.6 is 11.8 Å². The van der Waals surface area contributed by atoms with Crippen molar-refractivity contribution in [1.29, 1.82) is 0 Å². The van der Waals surface area contributed by atoms with Gasteiger partial charge in [-0.05, 0) is 44.0 Å². The zero-order valence-corrected chi connectivity index (χ0v) is 15.6. The second-order valence-corrected chi connectivity index (χ2v) is 8.16. The Hall–Kier alpha value is -1.53. The molecule has 0 aromatic heterocycles. The Bertz CT molecular complexity index is 599. The predicted molar refractivity (Wildman–Crippen MR) is 103 cm³/mol. The lowest BCUT2D eigenvalue weighted by Gasteiger charge is -2.27. The molecule has 2 aliphatic rings. The number of amides is 2. The van der Waals surface area contributed by atoms with E-state index in [-0.39, 0.29) is 17.7 Å². The number of piperidine rings is 1. The van der Waals surface area contributed by atoms with Crippen molar-refractivity contribution in [2.45, 2.75) is 32.2 Å². The summed E-state index contributed by atoms with van der Waals surface area (Å²) in [5.74, 6) is 2.44. The highest BCUT2D eigenvalue weighted by Crippen LogP contribution is 2.19. The topological polar surface area (TPSA) is 61.4 Å². The molecule has 5 nitrogen and oxygen atoms in total. The second-order valence-electron chi connectivity index (χ2n) is 6.93. The monoisotopic (exact) mass is 361 g/mol. The van der Waals surface area contributed by atoms with E-state index < -0.39 is 0 Å². The average Bonchev–Trinajstić information content (AvgIpc) is 2.64. The van der Waals surface area contributed by atoms with Crippen LogP contribution in [-0.4, -0.2) is 53.9 Å². The van der Waals surface area contributed by atoms with Gasteiger partial charge in [-0.3, -0.25) is 9.59 Å². The van der Waals surface area contributed by atoms with Crippen molar-refractivity contribution in [3.8, 4) is 0 Å². The lowest BCUT2D eigenvalue weighted by atomic mass is 9.92. The van der Waals surface area contributed by atoms with Gasteiger partial charge < -0.3 is 15.5 Å². The molecule has 0 aliphatic carbocycles. The van der Waals surface area contributed by atoms with Crippen LogP contribution in [0.5, 0.6) is 0 Å². The molecule has 3 rings (SSSR count). The number of hydrogen-bond acceptors (Lipinski definition) is 4. The van der Waals surface area contributed by atoms with Crippen LogP contribution in [0.25, 0.3) is 0 Å². The van der Waals surface area contributed by atoms with Gasteiger partial charge in [-0.15, -0.1) is 0 Å². The van der Waals surface area contributed by atoms with Crippen LogP contribution in [0.3, 0.4) is 0 Å². The number of carbonyl (C=O) groups is 2. The molecule has 2 fully saturated rings. The number of nitrogens with one attached hydrogen (secondary N) is 2. The molecule has 136 valence electrons. The van der Waals surface area contributed by atoms with Crippen molar-refractivity contribution in [2.24, 2.45) is 5.92 Å². The highest BCUT2D eigenvalue weighted by Gasteiger charge is 2.24. The summed E-state index contributed by atoms with van der Waals surface area (Å²) in [6.45, 7) is 4.72. The largest absolute Gasteiger partial charge is 0.341 e. The Morgan fingerprint density at radius 2 is 1.96 bits per heavy atom. The van der Waals surface area contributed by atoms with E-state index in [1.165, 1.54) is 0 Å². The summed E-state index contributed by atoms with van der Waals surface area (Å²) in [6, 6.07) is 8.08. The van der Waals surface area contributed by atoms with E-state index in [1.54, 1.807) is 0 Å². The maximum atomic E-state index is 12.4. The van der Waals surface area contributed by atoms with Crippen LogP contribution in [0.2, 0.25) is 0 Å². The number of nitrogens with zero attached hydrogens (tertiary/aromatic N) is 1. The van der Waals surface area contributed by atoms with Crippen molar-refractivity contribution < 1.29 is 9.59 Å². The van der Waals surface area contributed by atoms with Gasteiger partial charge in [0, 0.05) is 42.2 Å². The molecule has 2 N–H and O–H groups in total. The van der Waals surface area contributed by atoms with Crippen LogP contribution in [0.1, 0.15) is 25.3 Å². The van der Waals surface area contributed by atoms with Gasteiger partial charge in [0.05, 0.1) is 6.42 Å². The minimum atomic E-state index is 0.0782. The number of anilines is 1. The van der Waals surface area contributed by atoms with E-state index >= 15 is 0 Å². The van der Waals surface area contributed by atoms with Gasteiger partial charge in [-0.1, -0.05) is 12.1 Å². The highest BCUT2D eigenvalue weighted by molar-refractivity contribution is 7.99. The summed E-state index contributed by atoms with van der Waals surface area (Å²) in [5, 5.41) is 6.38. The fourth-order valence-electron chi connectivity index (χ4n) is 3.42. The van der Waals surface area contributed by atoms with E-state index in [2.05, 4.69) is 17.6 Å². The van der Waals surface area contributed by atoms with E-state index in [0.717, 1.165) is 55.2 Å². The molecule has 0 bridgehead atoms. The minimum Gasteiger partial charge on any atom is -0.341 e. The number of hydrogen-bond donors (Lipinski definition) is 2. The van der Waals surface area contributed by atoms with Gasteiger partial charge >= 0.3 is 0 Å². The molecule has 0 spiro atoms. The zero-order valence-electron chi connectivity index (χ0n) is 14.8. The minimum absolute atomic E-state index is 0.0782. The lowest BCUT2D eigenvalue weighted by Crippen LogP contribution is -2.40.